The highest BCUT2D eigenvalue weighted by Crippen LogP contribution is 2.89. The average molecular weight is 459 g/mol. The van der Waals surface area contributed by atoms with Crippen molar-refractivity contribution in [3.63, 3.8) is 0 Å². The quantitative estimate of drug-likeness (QED) is 0.567. The minimum atomic E-state index is -0.231. The fourth-order valence-corrected chi connectivity index (χ4v) is 11.5. The Morgan fingerprint density at radius 2 is 1.76 bits per heavy atom. The van der Waals surface area contributed by atoms with E-state index < -0.39 is 0 Å². The molecule has 33 heavy (non-hydrogen) atoms. The van der Waals surface area contributed by atoms with Crippen molar-refractivity contribution in [2.24, 2.45) is 50.7 Å². The van der Waals surface area contributed by atoms with Crippen LogP contribution in [-0.4, -0.2) is 35.4 Å². The molecule has 11 atom stereocenters. The number of carbonyl (C=O) groups excluding carboxylic acids is 2. The van der Waals surface area contributed by atoms with Crippen LogP contribution in [0.25, 0.3) is 0 Å². The zero-order chi connectivity index (χ0) is 23.8. The lowest BCUT2D eigenvalue weighted by molar-refractivity contribution is -0.221. The van der Waals surface area contributed by atoms with Gasteiger partial charge in [0.1, 0.15) is 12.2 Å². The van der Waals surface area contributed by atoms with E-state index in [0.717, 1.165) is 25.7 Å². The number of rotatable bonds is 1. The highest BCUT2D eigenvalue weighted by Gasteiger charge is 2.85. The highest BCUT2D eigenvalue weighted by molar-refractivity contribution is 5.71. The molecule has 184 valence electrons. The Kier molecular flexibility index (Phi) is 4.31. The van der Waals surface area contributed by atoms with E-state index in [9.17, 15) is 14.7 Å². The Hall–Kier alpha value is -1.10. The molecule has 0 bridgehead atoms. The summed E-state index contributed by atoms with van der Waals surface area (Å²) < 4.78 is 12.3. The van der Waals surface area contributed by atoms with Crippen molar-refractivity contribution in [3.8, 4) is 0 Å². The molecule has 0 radical (unpaired) electrons. The van der Waals surface area contributed by atoms with Crippen molar-refractivity contribution in [2.75, 3.05) is 0 Å². The summed E-state index contributed by atoms with van der Waals surface area (Å²) in [7, 11) is 0. The van der Waals surface area contributed by atoms with E-state index in [-0.39, 0.29) is 69.2 Å². The second-order valence-electron chi connectivity index (χ2n) is 14.0. The minimum absolute atomic E-state index is 0.0335. The van der Waals surface area contributed by atoms with Gasteiger partial charge in [0.2, 0.25) is 0 Å². The number of fused-ring (bicyclic) bond motifs is 4. The Labute approximate surface area is 198 Å². The fraction of sp³-hybridized carbons (Fsp3) is 0.929. The van der Waals surface area contributed by atoms with Crippen LogP contribution >= 0.6 is 0 Å². The lowest BCUT2D eigenvalue weighted by Crippen LogP contribution is -2.63. The van der Waals surface area contributed by atoms with Crippen molar-refractivity contribution in [1.29, 1.82) is 0 Å². The number of ether oxygens (including phenoxy) is 2. The zero-order valence-corrected chi connectivity index (χ0v) is 21.3. The first-order valence-corrected chi connectivity index (χ1v) is 13.4. The monoisotopic (exact) mass is 458 g/mol. The number of hydrogen-bond acceptors (Lipinski definition) is 5. The van der Waals surface area contributed by atoms with Crippen LogP contribution < -0.4 is 0 Å². The molecule has 1 heterocycles. The average Bonchev–Trinajstić information content (AvgIpc) is 3.28. The smallest absolute Gasteiger partial charge is 0.306 e. The Bertz CT molecular complexity index is 912. The molecule has 2 spiro atoms. The van der Waals surface area contributed by atoms with E-state index in [1.807, 2.05) is 0 Å². The van der Waals surface area contributed by atoms with Gasteiger partial charge in [0.15, 0.2) is 0 Å². The Morgan fingerprint density at radius 1 is 1.06 bits per heavy atom. The van der Waals surface area contributed by atoms with Crippen LogP contribution in [0.4, 0.5) is 0 Å². The maximum Gasteiger partial charge on any atom is 0.306 e. The lowest BCUT2D eigenvalue weighted by atomic mass is 9.41. The van der Waals surface area contributed by atoms with E-state index in [2.05, 4.69) is 34.6 Å². The van der Waals surface area contributed by atoms with E-state index in [1.54, 1.807) is 6.92 Å². The van der Waals surface area contributed by atoms with Crippen molar-refractivity contribution in [1.82, 2.24) is 0 Å². The first kappa shape index (κ1) is 22.4. The molecule has 5 heteroatoms. The van der Waals surface area contributed by atoms with Crippen LogP contribution in [0.3, 0.4) is 0 Å². The predicted molar refractivity (Wildman–Crippen MR) is 123 cm³/mol. The topological polar surface area (TPSA) is 72.8 Å². The van der Waals surface area contributed by atoms with Gasteiger partial charge in [-0.15, -0.1) is 0 Å². The summed E-state index contributed by atoms with van der Waals surface area (Å²) in [5, 5.41) is 10.9. The molecule has 0 aromatic carbocycles. The van der Waals surface area contributed by atoms with Gasteiger partial charge in [-0.25, -0.2) is 0 Å². The van der Waals surface area contributed by atoms with Crippen LogP contribution in [0.5, 0.6) is 0 Å². The standard InChI is InChI=1S/C28H42O5/c1-15-11-22(31)33-17-12-25(5)19-8-7-18-24(3,4)20(30)9-10-27(18)14-28(19,27)13-21(32-16(2)29)26(25,6)23(15)17/h15,17-21,23,30H,7-14H2,1-6H3/t15-,17+,18+,19+,20+,21-,23+,25+,26-,27-,28+/m1/s1. The molecular formula is C28H42O5. The number of aliphatic hydroxyl groups is 1. The van der Waals surface area contributed by atoms with Gasteiger partial charge < -0.3 is 14.6 Å². The normalized spacial score (nSPS) is 58.0. The van der Waals surface area contributed by atoms with Gasteiger partial charge >= 0.3 is 11.9 Å². The third-order valence-electron chi connectivity index (χ3n) is 12.8. The summed E-state index contributed by atoms with van der Waals surface area (Å²) in [6.45, 7) is 13.1. The van der Waals surface area contributed by atoms with Gasteiger partial charge in [-0.2, -0.15) is 0 Å². The number of esters is 2. The van der Waals surface area contributed by atoms with Crippen LogP contribution in [0.1, 0.15) is 92.9 Å². The molecule has 6 aliphatic rings. The molecule has 0 unspecified atom stereocenters. The van der Waals surface area contributed by atoms with Gasteiger partial charge in [0.25, 0.3) is 0 Å². The van der Waals surface area contributed by atoms with Crippen molar-refractivity contribution in [3.05, 3.63) is 0 Å². The SMILES string of the molecule is CC(=O)O[C@@H]1C[C@@]23C[C@@]24CC[C@H](O)C(C)(C)[C@@H]4CC[C@H]3[C@]2(C)C[C@@H]3OC(=O)C[C@@H](C)[C@@H]3[C@@]12C. The Balaban J connectivity index is 1.47. The summed E-state index contributed by atoms with van der Waals surface area (Å²) in [5.74, 6) is 1.30. The Morgan fingerprint density at radius 3 is 2.45 bits per heavy atom. The minimum Gasteiger partial charge on any atom is -0.462 e. The van der Waals surface area contributed by atoms with Gasteiger partial charge in [0, 0.05) is 24.7 Å². The van der Waals surface area contributed by atoms with Crippen molar-refractivity contribution >= 4 is 11.9 Å². The van der Waals surface area contributed by atoms with Crippen LogP contribution in [0.15, 0.2) is 0 Å². The van der Waals surface area contributed by atoms with Gasteiger partial charge in [-0.3, -0.25) is 9.59 Å². The molecule has 5 aliphatic carbocycles. The van der Waals surface area contributed by atoms with Gasteiger partial charge in [-0.05, 0) is 84.4 Å². The third kappa shape index (κ3) is 2.39. The van der Waals surface area contributed by atoms with Crippen LogP contribution in [0, 0.1) is 50.7 Å². The first-order chi connectivity index (χ1) is 15.3. The molecule has 0 aromatic rings. The summed E-state index contributed by atoms with van der Waals surface area (Å²) >= 11 is 0. The van der Waals surface area contributed by atoms with Gasteiger partial charge in [0.05, 0.1) is 6.10 Å². The highest BCUT2D eigenvalue weighted by atomic mass is 16.6. The molecule has 1 N–H and O–H groups in total. The second-order valence-corrected chi connectivity index (χ2v) is 14.0. The summed E-state index contributed by atoms with van der Waals surface area (Å²) in [5.41, 5.74) is 0.146. The number of aliphatic hydroxyl groups excluding tert-OH is 1. The molecular weight excluding hydrogens is 416 g/mol. The molecule has 6 fully saturated rings. The maximum atomic E-state index is 12.4. The molecule has 1 aliphatic heterocycles. The van der Waals surface area contributed by atoms with Crippen molar-refractivity contribution < 1.29 is 24.2 Å². The summed E-state index contributed by atoms with van der Waals surface area (Å²) in [4.78, 5) is 24.8. The molecule has 1 saturated heterocycles. The summed E-state index contributed by atoms with van der Waals surface area (Å²) in [6.07, 6.45) is 7.38. The largest absolute Gasteiger partial charge is 0.462 e. The molecule has 6 rings (SSSR count). The van der Waals surface area contributed by atoms with Crippen LogP contribution in [-0.2, 0) is 19.1 Å². The number of hydrogen-bond donors (Lipinski definition) is 1. The number of carbonyl (C=O) groups is 2. The molecule has 5 nitrogen and oxygen atoms in total. The summed E-state index contributed by atoms with van der Waals surface area (Å²) in [6, 6.07) is 0. The fourth-order valence-electron chi connectivity index (χ4n) is 11.5. The van der Waals surface area contributed by atoms with E-state index >= 15 is 0 Å². The van der Waals surface area contributed by atoms with E-state index in [0.29, 0.717) is 18.3 Å². The van der Waals surface area contributed by atoms with Crippen LogP contribution in [0.2, 0.25) is 0 Å². The van der Waals surface area contributed by atoms with E-state index in [1.165, 1.54) is 19.3 Å². The molecule has 5 saturated carbocycles. The van der Waals surface area contributed by atoms with Crippen molar-refractivity contribution in [2.45, 2.75) is 111 Å². The molecule has 0 aromatic heterocycles. The second kappa shape index (κ2) is 6.36. The third-order valence-corrected chi connectivity index (χ3v) is 12.8. The maximum absolute atomic E-state index is 12.4. The lowest BCUT2D eigenvalue weighted by Gasteiger charge is -2.64. The first-order valence-electron chi connectivity index (χ1n) is 13.4. The van der Waals surface area contributed by atoms with E-state index in [4.69, 9.17) is 9.47 Å². The van der Waals surface area contributed by atoms with Gasteiger partial charge in [-0.1, -0.05) is 34.6 Å². The molecule has 0 amide bonds. The predicted octanol–water partition coefficient (Wildman–Crippen LogP) is 4.89. The zero-order valence-electron chi connectivity index (χ0n) is 21.3.